The maximum Gasteiger partial charge on any atom is 0.191 e. The standard InChI is InChI=1S/C23H28F2N6O4S/c1-2-7-36-23-27-21(26-15-9-12(15)11-3-4-13(24)14(25)8-11)18-22(28-23)31(30-29-18)16-10-17(35-6-5-32)20(34)19(16)33/h3-4,8,12,15-17,19-20,32-34H,2,5-7,9-10H2,1H3,(H,26,27,28)/t12-,15-,16+,17+,19+,20-/m1/s1. The number of aliphatic hydroxyl groups excluding tert-OH is 3. The van der Waals surface area contributed by atoms with Gasteiger partial charge < -0.3 is 25.4 Å². The van der Waals surface area contributed by atoms with Gasteiger partial charge in [0.2, 0.25) is 0 Å². The maximum atomic E-state index is 13.7. The Morgan fingerprint density at radius 1 is 1.17 bits per heavy atom. The van der Waals surface area contributed by atoms with Crippen LogP contribution in [0, 0.1) is 11.6 Å². The molecule has 0 bridgehead atoms. The lowest BCUT2D eigenvalue weighted by Crippen LogP contribution is -2.33. The summed E-state index contributed by atoms with van der Waals surface area (Å²) in [5, 5.41) is 42.5. The van der Waals surface area contributed by atoms with Gasteiger partial charge in [-0.15, -0.1) is 5.10 Å². The molecule has 2 aromatic heterocycles. The Kier molecular flexibility index (Phi) is 7.35. The summed E-state index contributed by atoms with van der Waals surface area (Å²) in [5.41, 5.74) is 1.53. The van der Waals surface area contributed by atoms with E-state index in [2.05, 4.69) is 32.5 Å². The van der Waals surface area contributed by atoms with E-state index in [-0.39, 0.29) is 31.6 Å². The van der Waals surface area contributed by atoms with Crippen molar-refractivity contribution >= 4 is 28.7 Å². The first-order chi connectivity index (χ1) is 17.4. The average molecular weight is 523 g/mol. The Morgan fingerprint density at radius 2 is 2.00 bits per heavy atom. The summed E-state index contributed by atoms with van der Waals surface area (Å²) >= 11 is 1.48. The van der Waals surface area contributed by atoms with Crippen LogP contribution in [0.15, 0.2) is 23.4 Å². The van der Waals surface area contributed by atoms with Crippen LogP contribution < -0.4 is 5.32 Å². The Balaban J connectivity index is 1.43. The molecule has 2 fully saturated rings. The van der Waals surface area contributed by atoms with Crippen molar-refractivity contribution in [2.75, 3.05) is 24.3 Å². The van der Waals surface area contributed by atoms with Crippen molar-refractivity contribution in [1.82, 2.24) is 25.0 Å². The third-order valence-corrected chi connectivity index (χ3v) is 7.61. The number of halogens is 2. The lowest BCUT2D eigenvalue weighted by molar-refractivity contribution is -0.0629. The Bertz CT molecular complexity index is 1230. The molecule has 13 heteroatoms. The topological polar surface area (TPSA) is 138 Å². The van der Waals surface area contributed by atoms with E-state index in [0.717, 1.165) is 24.7 Å². The average Bonchev–Trinajstić information content (AvgIpc) is 3.41. The molecular formula is C23H28F2N6O4S. The second-order valence-electron chi connectivity index (χ2n) is 9.09. The van der Waals surface area contributed by atoms with Gasteiger partial charge in [0, 0.05) is 24.1 Å². The summed E-state index contributed by atoms with van der Waals surface area (Å²) in [6.07, 6.45) is -1.04. The predicted molar refractivity (Wildman–Crippen MR) is 128 cm³/mol. The van der Waals surface area contributed by atoms with Gasteiger partial charge in [0.25, 0.3) is 0 Å². The van der Waals surface area contributed by atoms with Gasteiger partial charge in [0.15, 0.2) is 33.8 Å². The van der Waals surface area contributed by atoms with Crippen molar-refractivity contribution in [1.29, 1.82) is 0 Å². The smallest absolute Gasteiger partial charge is 0.191 e. The van der Waals surface area contributed by atoms with Crippen LogP contribution in [0.5, 0.6) is 0 Å². The van der Waals surface area contributed by atoms with Crippen molar-refractivity contribution in [2.45, 2.75) is 67.7 Å². The van der Waals surface area contributed by atoms with E-state index in [1.54, 1.807) is 6.07 Å². The van der Waals surface area contributed by atoms with Crippen molar-refractivity contribution < 1.29 is 28.8 Å². The van der Waals surface area contributed by atoms with Crippen molar-refractivity contribution in [2.24, 2.45) is 0 Å². The number of ether oxygens (including phenoxy) is 1. The number of anilines is 1. The predicted octanol–water partition coefficient (Wildman–Crippen LogP) is 2.01. The minimum Gasteiger partial charge on any atom is -0.394 e. The molecule has 0 unspecified atom stereocenters. The van der Waals surface area contributed by atoms with Gasteiger partial charge in [-0.2, -0.15) is 0 Å². The van der Waals surface area contributed by atoms with Crippen LogP contribution in [0.2, 0.25) is 0 Å². The summed E-state index contributed by atoms with van der Waals surface area (Å²) in [4.78, 5) is 9.27. The number of fused-ring (bicyclic) bond motifs is 1. The van der Waals surface area contributed by atoms with Crippen LogP contribution in [0.4, 0.5) is 14.6 Å². The second-order valence-corrected chi connectivity index (χ2v) is 10.2. The number of thioether (sulfide) groups is 1. The molecule has 10 nitrogen and oxygen atoms in total. The summed E-state index contributed by atoms with van der Waals surface area (Å²) in [6.45, 7) is 1.91. The van der Waals surface area contributed by atoms with Gasteiger partial charge in [0.05, 0.1) is 25.4 Å². The van der Waals surface area contributed by atoms with E-state index in [1.807, 2.05) is 0 Å². The number of hydrogen-bond acceptors (Lipinski definition) is 10. The number of nitrogens with zero attached hydrogens (tertiary/aromatic N) is 5. The zero-order valence-electron chi connectivity index (χ0n) is 19.6. The molecule has 0 aliphatic heterocycles. The molecule has 3 aromatic rings. The molecule has 1 aromatic carbocycles. The largest absolute Gasteiger partial charge is 0.394 e. The molecule has 36 heavy (non-hydrogen) atoms. The summed E-state index contributed by atoms with van der Waals surface area (Å²) in [5.74, 6) is -0.472. The van der Waals surface area contributed by atoms with E-state index in [4.69, 9.17) is 9.84 Å². The molecule has 0 spiro atoms. The van der Waals surface area contributed by atoms with Crippen LogP contribution in [0.3, 0.4) is 0 Å². The van der Waals surface area contributed by atoms with E-state index < -0.39 is 36.0 Å². The van der Waals surface area contributed by atoms with Gasteiger partial charge >= 0.3 is 0 Å². The summed E-state index contributed by atoms with van der Waals surface area (Å²) in [6, 6.07) is 3.26. The first-order valence-electron chi connectivity index (χ1n) is 12.0. The third-order valence-electron chi connectivity index (χ3n) is 6.56. The van der Waals surface area contributed by atoms with E-state index in [0.29, 0.717) is 27.7 Å². The highest BCUT2D eigenvalue weighted by Gasteiger charge is 2.45. The third kappa shape index (κ3) is 4.90. The monoisotopic (exact) mass is 522 g/mol. The van der Waals surface area contributed by atoms with Gasteiger partial charge in [0.1, 0.15) is 12.2 Å². The molecule has 2 aliphatic rings. The van der Waals surface area contributed by atoms with Crippen LogP contribution >= 0.6 is 11.8 Å². The van der Waals surface area contributed by atoms with Crippen LogP contribution in [-0.4, -0.2) is 83.6 Å². The molecular weight excluding hydrogens is 494 g/mol. The normalized spacial score (nSPS) is 27.6. The summed E-state index contributed by atoms with van der Waals surface area (Å²) < 4.78 is 34.0. The van der Waals surface area contributed by atoms with Crippen molar-refractivity contribution in [3.05, 3.63) is 35.4 Å². The number of hydrogen-bond donors (Lipinski definition) is 4. The number of benzene rings is 1. The molecule has 5 rings (SSSR count). The molecule has 0 radical (unpaired) electrons. The highest BCUT2D eigenvalue weighted by atomic mass is 32.2. The minimum atomic E-state index is -1.15. The van der Waals surface area contributed by atoms with Gasteiger partial charge in [-0.25, -0.2) is 23.4 Å². The lowest BCUT2D eigenvalue weighted by atomic mass is 10.1. The van der Waals surface area contributed by atoms with E-state index in [1.165, 1.54) is 22.5 Å². The van der Waals surface area contributed by atoms with Crippen molar-refractivity contribution in [3.63, 3.8) is 0 Å². The first kappa shape index (κ1) is 25.2. The number of rotatable bonds is 10. The van der Waals surface area contributed by atoms with Gasteiger partial charge in [-0.1, -0.05) is 30.0 Å². The fourth-order valence-corrected chi connectivity index (χ4v) is 5.31. The highest BCUT2D eigenvalue weighted by Crippen LogP contribution is 2.44. The quantitative estimate of drug-likeness (QED) is 0.231. The highest BCUT2D eigenvalue weighted by molar-refractivity contribution is 7.99. The lowest BCUT2D eigenvalue weighted by Gasteiger charge is -2.17. The fraction of sp³-hybridized carbons (Fsp3) is 0.565. The SMILES string of the molecule is CCCSc1nc(N[C@@H]2C[C@@H]2c2ccc(F)c(F)c2)c2nnn([C@H]3C[C@H](OCCO)[C@@H](O)[C@H]3O)c2n1. The van der Waals surface area contributed by atoms with Crippen molar-refractivity contribution in [3.8, 4) is 0 Å². The Hall–Kier alpha value is -2.45. The van der Waals surface area contributed by atoms with Gasteiger partial charge in [-0.3, -0.25) is 0 Å². The van der Waals surface area contributed by atoms with Crippen LogP contribution in [0.25, 0.3) is 11.2 Å². The molecule has 2 saturated carbocycles. The summed E-state index contributed by atoms with van der Waals surface area (Å²) in [7, 11) is 0. The maximum absolute atomic E-state index is 13.7. The van der Waals surface area contributed by atoms with E-state index >= 15 is 0 Å². The van der Waals surface area contributed by atoms with Crippen LogP contribution in [0.1, 0.15) is 43.7 Å². The zero-order chi connectivity index (χ0) is 25.4. The first-order valence-corrected chi connectivity index (χ1v) is 13.0. The molecule has 0 amide bonds. The molecule has 0 saturated heterocycles. The minimum absolute atomic E-state index is 0.00291. The Morgan fingerprint density at radius 3 is 2.75 bits per heavy atom. The van der Waals surface area contributed by atoms with E-state index in [9.17, 15) is 19.0 Å². The number of nitrogens with one attached hydrogen (secondary N) is 1. The molecule has 2 heterocycles. The molecule has 2 aliphatic carbocycles. The molecule has 194 valence electrons. The Labute approximate surface area is 210 Å². The zero-order valence-corrected chi connectivity index (χ0v) is 20.4. The second kappa shape index (κ2) is 10.5. The number of aromatic nitrogens is 5. The molecule has 6 atom stereocenters. The number of aliphatic hydroxyl groups is 3. The van der Waals surface area contributed by atoms with Crippen LogP contribution in [-0.2, 0) is 4.74 Å². The molecule has 4 N–H and O–H groups in total. The fourth-order valence-electron chi connectivity index (χ4n) is 4.61. The van der Waals surface area contributed by atoms with Gasteiger partial charge in [-0.05, 0) is 30.5 Å².